The molecule has 12 aromatic rings. The molecule has 6 aliphatic heterocycles. The lowest BCUT2D eigenvalue weighted by molar-refractivity contribution is -0.129. The molecule has 28 nitrogen and oxygen atoms in total. The van der Waals surface area contributed by atoms with E-state index >= 15 is 39.5 Å². The normalized spacial score (nSPS) is 17.7. The van der Waals surface area contributed by atoms with Crippen LogP contribution in [0.2, 0.25) is 0 Å². The molecule has 0 radical (unpaired) electrons. The predicted molar refractivity (Wildman–Crippen MR) is 518 cm³/mol. The maximum Gasteiger partial charge on any atom is 0.281 e. The number of pyridine rings is 6. The van der Waals surface area contributed by atoms with Gasteiger partial charge in [0.2, 0.25) is 29.5 Å². The maximum atomic E-state index is 17.3. The van der Waals surface area contributed by atoms with Crippen molar-refractivity contribution in [2.75, 3.05) is 101 Å². The van der Waals surface area contributed by atoms with Crippen LogP contribution in [0.3, 0.4) is 0 Å². The summed E-state index contributed by atoms with van der Waals surface area (Å²) < 4.78 is 150. The standard InChI is InChI=1S/2C35H35F3N6O4.C33H34F3N5O3/c2*1-6-26(47)42-15-20-14-41(16-25(39)46)34-33(43(20)13-19(42)5)21-12-23(37)28(27-22(36)8-7-9-24(27)45)29(38)32(21)44(35(34)48)31-18(4)10-11-40-30(31)17(2)3;1-16(2)28-29(18(4)10-11-38-28)41-30-20(12-22(35)26(27(30)36)25-21(34)6-5-7-23(25)42)31-32(33(41)44)39(15-24(37)43)14-19-9-8-17(3)13-40(19)31/h2*6-12,17,19-20,45H,1,13-16H2,2-5H3,(H2,39,46);5-7,10-12,16-17,19,42H,8-9,13-15H2,1-4H3,(H2,37,43)/t2*19-,20+;17-,19+/m110/s1. The Balaban J connectivity index is 0.000000152. The van der Waals surface area contributed by atoms with E-state index in [1.807, 2.05) is 70.1 Å². The molecule has 37 heteroatoms. The summed E-state index contributed by atoms with van der Waals surface area (Å²) >= 11 is 0. The quantitative estimate of drug-likeness (QED) is 0.0364. The van der Waals surface area contributed by atoms with Gasteiger partial charge in [0.1, 0.15) is 69.2 Å². The summed E-state index contributed by atoms with van der Waals surface area (Å²) in [5.41, 5.74) is 13.9. The van der Waals surface area contributed by atoms with Gasteiger partial charge in [-0.3, -0.25) is 67.0 Å². The Morgan fingerprint density at radius 2 is 0.671 bits per heavy atom. The third kappa shape index (κ3) is 16.7. The number of carbonyl (C=O) groups is 5. The Kier molecular flexibility index (Phi) is 26.5. The van der Waals surface area contributed by atoms with Crippen molar-refractivity contribution in [3.05, 3.63) is 252 Å². The van der Waals surface area contributed by atoms with Crippen molar-refractivity contribution < 1.29 is 78.8 Å². The number of phenols is 3. The minimum absolute atomic E-state index is 0.00787. The molecule has 6 aromatic heterocycles. The molecule has 6 aliphatic rings. The number of aryl methyl sites for hydroxylation is 3. The Morgan fingerprint density at radius 1 is 0.386 bits per heavy atom. The number of hydrogen-bond donors (Lipinski definition) is 6. The van der Waals surface area contributed by atoms with Crippen LogP contribution < -0.4 is 63.3 Å². The first kappa shape index (κ1) is 97.9. The van der Waals surface area contributed by atoms with Gasteiger partial charge in [-0.2, -0.15) is 0 Å². The minimum atomic E-state index is -1.28. The predicted octanol–water partition coefficient (Wildman–Crippen LogP) is 14.5. The van der Waals surface area contributed by atoms with Crippen LogP contribution in [-0.4, -0.2) is 186 Å². The Morgan fingerprint density at radius 3 is 0.943 bits per heavy atom. The number of piperidine rings is 1. The third-order valence-corrected chi connectivity index (χ3v) is 27.1. The molecule has 18 rings (SSSR count). The van der Waals surface area contributed by atoms with Crippen LogP contribution in [0.25, 0.3) is 83.2 Å². The molecular formula is C103H104F9N17O11. The van der Waals surface area contributed by atoms with Gasteiger partial charge in [0.25, 0.3) is 16.7 Å². The summed E-state index contributed by atoms with van der Waals surface area (Å²) in [5, 5.41) is 31.8. The van der Waals surface area contributed by atoms with Crippen LogP contribution in [0, 0.1) is 79.0 Å². The fourth-order valence-corrected chi connectivity index (χ4v) is 21.0. The van der Waals surface area contributed by atoms with Gasteiger partial charge in [0.05, 0.1) is 133 Å². The molecule has 6 atom stereocenters. The maximum absolute atomic E-state index is 17.3. The number of nitrogens with zero attached hydrogens (tertiary/aromatic N) is 14. The lowest BCUT2D eigenvalue weighted by Gasteiger charge is -2.51. The van der Waals surface area contributed by atoms with Crippen molar-refractivity contribution >= 4 is 96.4 Å². The summed E-state index contributed by atoms with van der Waals surface area (Å²) in [6.45, 7) is 30.0. The highest BCUT2D eigenvalue weighted by Crippen LogP contribution is 2.53. The molecule has 0 spiro atoms. The first-order chi connectivity index (χ1) is 66.4. The first-order valence-corrected chi connectivity index (χ1v) is 45.8. The van der Waals surface area contributed by atoms with E-state index in [9.17, 15) is 53.7 Å². The molecule has 730 valence electrons. The smallest absolute Gasteiger partial charge is 0.281 e. The second-order valence-electron chi connectivity index (χ2n) is 37.5. The van der Waals surface area contributed by atoms with Crippen molar-refractivity contribution in [3.8, 4) is 67.7 Å². The zero-order valence-electron chi connectivity index (χ0n) is 78.9. The van der Waals surface area contributed by atoms with E-state index in [1.165, 1.54) is 44.7 Å². The van der Waals surface area contributed by atoms with E-state index in [0.29, 0.717) is 58.2 Å². The highest BCUT2D eigenvalue weighted by molar-refractivity contribution is 6.08. The summed E-state index contributed by atoms with van der Waals surface area (Å²) in [7, 11) is 0. The van der Waals surface area contributed by atoms with E-state index in [1.54, 1.807) is 72.3 Å². The van der Waals surface area contributed by atoms with E-state index in [-0.39, 0.29) is 160 Å². The number of rotatable bonds is 17. The van der Waals surface area contributed by atoms with Crippen LogP contribution in [0.15, 0.2) is 149 Å². The second kappa shape index (κ2) is 37.9. The van der Waals surface area contributed by atoms with Gasteiger partial charge in [-0.15, -0.1) is 0 Å². The Labute approximate surface area is 797 Å². The minimum Gasteiger partial charge on any atom is -0.507 e. The second-order valence-corrected chi connectivity index (χ2v) is 37.5. The highest BCUT2D eigenvalue weighted by Gasteiger charge is 2.48. The van der Waals surface area contributed by atoms with E-state index < -0.39 is 175 Å². The monoisotopic (exact) mass is 1930 g/mol. The van der Waals surface area contributed by atoms with Crippen LogP contribution in [0.1, 0.15) is 127 Å². The van der Waals surface area contributed by atoms with Crippen molar-refractivity contribution in [2.24, 2.45) is 23.1 Å². The Bertz CT molecular complexity index is 7060. The summed E-state index contributed by atoms with van der Waals surface area (Å²) in [6, 6.07) is 16.1. The molecule has 0 aliphatic carbocycles. The molecule has 0 bridgehead atoms. The largest absolute Gasteiger partial charge is 0.507 e. The average molecular weight is 1930 g/mol. The number of benzene rings is 6. The number of primary amides is 3. The number of aromatic hydroxyl groups is 3. The number of fused-ring (bicyclic) bond motifs is 15. The summed E-state index contributed by atoms with van der Waals surface area (Å²) in [4.78, 5) is 134. The molecule has 12 heterocycles. The molecule has 0 saturated carbocycles. The number of piperazine rings is 2. The lowest BCUT2D eigenvalue weighted by Crippen LogP contribution is -2.65. The third-order valence-electron chi connectivity index (χ3n) is 27.1. The van der Waals surface area contributed by atoms with Crippen LogP contribution in [0.4, 0.5) is 73.6 Å². The zero-order chi connectivity index (χ0) is 101. The first-order valence-electron chi connectivity index (χ1n) is 45.8. The topological polar surface area (TPSA) is 355 Å². The number of aromatic nitrogens is 6. The molecule has 3 saturated heterocycles. The van der Waals surface area contributed by atoms with Gasteiger partial charge in [-0.1, -0.05) is 79.8 Å². The number of carbonyl (C=O) groups excluding carboxylic acids is 5. The van der Waals surface area contributed by atoms with E-state index in [0.717, 1.165) is 76.6 Å². The molecule has 6 aromatic carbocycles. The number of amides is 5. The van der Waals surface area contributed by atoms with Gasteiger partial charge in [-0.25, -0.2) is 39.5 Å². The van der Waals surface area contributed by atoms with Gasteiger partial charge in [-0.05, 0) is 173 Å². The molecule has 0 unspecified atom stereocenters. The molecule has 140 heavy (non-hydrogen) atoms. The molecular weight excluding hydrogens is 1820 g/mol. The number of hydrogen-bond acceptors (Lipinski definition) is 20. The van der Waals surface area contributed by atoms with Crippen LogP contribution in [0.5, 0.6) is 17.2 Å². The molecule has 9 N–H and O–H groups in total. The van der Waals surface area contributed by atoms with Crippen LogP contribution >= 0.6 is 0 Å². The number of nitrogens with two attached hydrogens (primary N) is 3. The van der Waals surface area contributed by atoms with Crippen LogP contribution in [-0.2, 0) is 24.0 Å². The van der Waals surface area contributed by atoms with Gasteiger partial charge in [0, 0.05) is 105 Å². The summed E-state index contributed by atoms with van der Waals surface area (Å²) in [6.07, 6.45) is 8.77. The van der Waals surface area contributed by atoms with Crippen molar-refractivity contribution in [1.82, 2.24) is 38.5 Å². The summed E-state index contributed by atoms with van der Waals surface area (Å²) in [5.74, 6) is -15.6. The zero-order valence-corrected chi connectivity index (χ0v) is 78.9. The van der Waals surface area contributed by atoms with Gasteiger partial charge in [0.15, 0.2) is 17.5 Å². The van der Waals surface area contributed by atoms with Crippen molar-refractivity contribution in [3.63, 3.8) is 0 Å². The average Bonchev–Trinajstić information content (AvgIpc) is 0.707. The van der Waals surface area contributed by atoms with Gasteiger partial charge < -0.3 is 71.7 Å². The SMILES string of the molecule is C=CC(=O)N1C[C@@H]2CN(CC(N)=O)c3c(c4cc(F)c(-c5c(O)cccc5F)c(F)c4n(-c4c(C)ccnc4C(C)C)c3=O)N2C[C@H]1C.C=CC(=O)N1C[C@@H]2CN(CC(N)=O)c3c(c4cc(F)c(-c5c(O)cccc5F)c(F)c4n(-c4c(C)ccnc4C(C)C)c3=O)N2C[C@H]1C.Cc1ccnc(C(C)C)c1-n1c(=O)c2c(c3cc(F)c(-c4c(O)cccc4F)c(F)c31)N1C[C@@H](C)CC[C@@H]1CN2CC(N)=O. The van der Waals surface area contributed by atoms with Crippen molar-refractivity contribution in [2.45, 2.75) is 144 Å². The molecule has 5 amide bonds. The lowest BCUT2D eigenvalue weighted by atomic mass is 9.89. The number of phenolic OH excluding ortho intramolecular Hbond substituents is 3. The fourth-order valence-electron chi connectivity index (χ4n) is 21.0. The van der Waals surface area contributed by atoms with E-state index in [2.05, 4.69) is 35.0 Å². The highest BCUT2D eigenvalue weighted by atomic mass is 19.2. The Hall–Kier alpha value is -15.2. The van der Waals surface area contributed by atoms with E-state index in [4.69, 9.17) is 17.2 Å². The van der Waals surface area contributed by atoms with Gasteiger partial charge >= 0.3 is 0 Å². The van der Waals surface area contributed by atoms with Crippen molar-refractivity contribution in [1.29, 1.82) is 0 Å². The fraction of sp³-hybridized carbons (Fsp3) is 0.330. The number of anilines is 6. The number of halogens is 9. The molecule has 3 fully saturated rings.